The SMILES string of the molecule is CC1CCCCC1NCCn1cccn1. The van der Waals surface area contributed by atoms with Gasteiger partial charge in [0, 0.05) is 25.0 Å². The van der Waals surface area contributed by atoms with Gasteiger partial charge in [-0.25, -0.2) is 0 Å². The van der Waals surface area contributed by atoms with Crippen LogP contribution in [-0.4, -0.2) is 22.4 Å². The maximum atomic E-state index is 4.19. The molecule has 3 nitrogen and oxygen atoms in total. The van der Waals surface area contributed by atoms with E-state index in [0.29, 0.717) is 0 Å². The molecule has 84 valence electrons. The van der Waals surface area contributed by atoms with E-state index >= 15 is 0 Å². The van der Waals surface area contributed by atoms with Gasteiger partial charge in [0.15, 0.2) is 0 Å². The van der Waals surface area contributed by atoms with Crippen LogP contribution in [0.5, 0.6) is 0 Å². The van der Waals surface area contributed by atoms with Crippen LogP contribution in [0.2, 0.25) is 0 Å². The zero-order chi connectivity index (χ0) is 10.5. The molecule has 15 heavy (non-hydrogen) atoms. The van der Waals surface area contributed by atoms with Gasteiger partial charge in [-0.05, 0) is 24.8 Å². The number of hydrogen-bond donors (Lipinski definition) is 1. The van der Waals surface area contributed by atoms with Crippen molar-refractivity contribution in [1.82, 2.24) is 15.1 Å². The van der Waals surface area contributed by atoms with Crippen LogP contribution >= 0.6 is 0 Å². The Kier molecular flexibility index (Phi) is 3.78. The lowest BCUT2D eigenvalue weighted by Gasteiger charge is -2.29. The van der Waals surface area contributed by atoms with Crippen LogP contribution in [0, 0.1) is 5.92 Å². The highest BCUT2D eigenvalue weighted by molar-refractivity contribution is 4.80. The third-order valence-corrected chi connectivity index (χ3v) is 3.42. The molecule has 1 aromatic rings. The fourth-order valence-electron chi connectivity index (χ4n) is 2.42. The summed E-state index contributed by atoms with van der Waals surface area (Å²) in [6.07, 6.45) is 9.40. The van der Waals surface area contributed by atoms with Crippen molar-refractivity contribution in [3.05, 3.63) is 18.5 Å². The molecule has 1 aliphatic rings. The Labute approximate surface area is 91.9 Å². The monoisotopic (exact) mass is 207 g/mol. The van der Waals surface area contributed by atoms with E-state index in [-0.39, 0.29) is 0 Å². The summed E-state index contributed by atoms with van der Waals surface area (Å²) < 4.78 is 1.99. The summed E-state index contributed by atoms with van der Waals surface area (Å²) in [5, 5.41) is 7.84. The fraction of sp³-hybridized carbons (Fsp3) is 0.750. The van der Waals surface area contributed by atoms with E-state index in [1.54, 1.807) is 0 Å². The molecule has 1 heterocycles. The summed E-state index contributed by atoms with van der Waals surface area (Å²) in [5.74, 6) is 0.844. The number of nitrogens with one attached hydrogen (secondary N) is 1. The highest BCUT2D eigenvalue weighted by atomic mass is 15.3. The molecule has 2 atom stereocenters. The van der Waals surface area contributed by atoms with Crippen molar-refractivity contribution in [3.63, 3.8) is 0 Å². The van der Waals surface area contributed by atoms with Gasteiger partial charge in [0.25, 0.3) is 0 Å². The van der Waals surface area contributed by atoms with E-state index in [1.165, 1.54) is 25.7 Å². The number of rotatable bonds is 4. The van der Waals surface area contributed by atoms with Gasteiger partial charge in [-0.2, -0.15) is 5.10 Å². The highest BCUT2D eigenvalue weighted by Gasteiger charge is 2.19. The summed E-state index contributed by atoms with van der Waals surface area (Å²) >= 11 is 0. The first-order valence-corrected chi connectivity index (χ1v) is 6.07. The third kappa shape index (κ3) is 3.06. The van der Waals surface area contributed by atoms with Crippen LogP contribution < -0.4 is 5.32 Å². The van der Waals surface area contributed by atoms with Crippen molar-refractivity contribution in [2.45, 2.75) is 45.2 Å². The fourth-order valence-corrected chi connectivity index (χ4v) is 2.42. The third-order valence-electron chi connectivity index (χ3n) is 3.42. The molecular weight excluding hydrogens is 186 g/mol. The van der Waals surface area contributed by atoms with Gasteiger partial charge in [0.05, 0.1) is 6.54 Å². The van der Waals surface area contributed by atoms with Crippen LogP contribution in [0.1, 0.15) is 32.6 Å². The van der Waals surface area contributed by atoms with Gasteiger partial charge in [-0.3, -0.25) is 4.68 Å². The molecule has 1 aliphatic carbocycles. The molecule has 1 N–H and O–H groups in total. The Bertz CT molecular complexity index is 268. The van der Waals surface area contributed by atoms with Gasteiger partial charge >= 0.3 is 0 Å². The van der Waals surface area contributed by atoms with Gasteiger partial charge in [0.2, 0.25) is 0 Å². The lowest BCUT2D eigenvalue weighted by molar-refractivity contribution is 0.277. The summed E-state index contributed by atoms with van der Waals surface area (Å²) in [7, 11) is 0. The molecule has 0 spiro atoms. The van der Waals surface area contributed by atoms with Crippen molar-refractivity contribution in [2.75, 3.05) is 6.54 Å². The average molecular weight is 207 g/mol. The second kappa shape index (κ2) is 5.31. The zero-order valence-electron chi connectivity index (χ0n) is 9.52. The predicted molar refractivity (Wildman–Crippen MR) is 61.6 cm³/mol. The smallest absolute Gasteiger partial charge is 0.0534 e. The molecule has 0 saturated heterocycles. The number of nitrogens with zero attached hydrogens (tertiary/aromatic N) is 2. The second-order valence-electron chi connectivity index (χ2n) is 4.59. The predicted octanol–water partition coefficient (Wildman–Crippen LogP) is 2.05. The first-order valence-electron chi connectivity index (χ1n) is 6.07. The number of hydrogen-bond acceptors (Lipinski definition) is 2. The lowest BCUT2D eigenvalue weighted by atomic mass is 9.86. The van der Waals surface area contributed by atoms with Crippen LogP contribution in [0.3, 0.4) is 0 Å². The summed E-state index contributed by atoms with van der Waals surface area (Å²) in [6, 6.07) is 2.71. The van der Waals surface area contributed by atoms with Crippen LogP contribution in [-0.2, 0) is 6.54 Å². The first-order chi connectivity index (χ1) is 7.36. The average Bonchev–Trinajstić information content (AvgIpc) is 2.74. The molecule has 0 amide bonds. The Hall–Kier alpha value is -0.830. The summed E-state index contributed by atoms with van der Waals surface area (Å²) in [5.41, 5.74) is 0. The normalized spacial score (nSPS) is 26.7. The van der Waals surface area contributed by atoms with Crippen molar-refractivity contribution < 1.29 is 0 Å². The Morgan fingerprint density at radius 2 is 2.27 bits per heavy atom. The first kappa shape index (κ1) is 10.7. The lowest BCUT2D eigenvalue weighted by Crippen LogP contribution is -2.38. The highest BCUT2D eigenvalue weighted by Crippen LogP contribution is 2.23. The Balaban J connectivity index is 1.68. The van der Waals surface area contributed by atoms with Gasteiger partial charge in [0.1, 0.15) is 0 Å². The van der Waals surface area contributed by atoms with Crippen molar-refractivity contribution >= 4 is 0 Å². The largest absolute Gasteiger partial charge is 0.312 e. The van der Waals surface area contributed by atoms with Gasteiger partial charge < -0.3 is 5.32 Å². The van der Waals surface area contributed by atoms with E-state index < -0.39 is 0 Å². The van der Waals surface area contributed by atoms with Crippen LogP contribution in [0.15, 0.2) is 18.5 Å². The van der Waals surface area contributed by atoms with Crippen molar-refractivity contribution in [2.24, 2.45) is 5.92 Å². The molecule has 2 rings (SSSR count). The molecule has 0 radical (unpaired) electrons. The molecule has 1 saturated carbocycles. The molecule has 3 heteroatoms. The molecule has 0 bridgehead atoms. The van der Waals surface area contributed by atoms with Gasteiger partial charge in [-0.1, -0.05) is 19.8 Å². The van der Waals surface area contributed by atoms with Crippen molar-refractivity contribution in [3.8, 4) is 0 Å². The Morgan fingerprint density at radius 1 is 1.40 bits per heavy atom. The minimum atomic E-state index is 0.731. The molecule has 0 aliphatic heterocycles. The Morgan fingerprint density at radius 3 is 3.00 bits per heavy atom. The molecule has 1 aromatic heterocycles. The second-order valence-corrected chi connectivity index (χ2v) is 4.59. The zero-order valence-corrected chi connectivity index (χ0v) is 9.52. The van der Waals surface area contributed by atoms with E-state index in [1.807, 2.05) is 23.1 Å². The van der Waals surface area contributed by atoms with Crippen LogP contribution in [0.25, 0.3) is 0 Å². The molecule has 1 fully saturated rings. The molecule has 0 aromatic carbocycles. The number of aromatic nitrogens is 2. The van der Waals surface area contributed by atoms with E-state index in [4.69, 9.17) is 0 Å². The minimum Gasteiger partial charge on any atom is -0.312 e. The maximum absolute atomic E-state index is 4.19. The summed E-state index contributed by atoms with van der Waals surface area (Å²) in [6.45, 7) is 4.39. The van der Waals surface area contributed by atoms with Crippen molar-refractivity contribution in [1.29, 1.82) is 0 Å². The van der Waals surface area contributed by atoms with Crippen LogP contribution in [0.4, 0.5) is 0 Å². The molecular formula is C12H21N3. The van der Waals surface area contributed by atoms with Gasteiger partial charge in [-0.15, -0.1) is 0 Å². The minimum absolute atomic E-state index is 0.731. The molecule has 2 unspecified atom stereocenters. The van der Waals surface area contributed by atoms with E-state index in [9.17, 15) is 0 Å². The standard InChI is InChI=1S/C12H21N3/c1-11-5-2-3-6-12(11)13-8-10-15-9-4-7-14-15/h4,7,9,11-13H,2-3,5-6,8,10H2,1H3. The maximum Gasteiger partial charge on any atom is 0.0534 e. The topological polar surface area (TPSA) is 29.9 Å². The summed E-state index contributed by atoms with van der Waals surface area (Å²) in [4.78, 5) is 0. The quantitative estimate of drug-likeness (QED) is 0.819. The van der Waals surface area contributed by atoms with E-state index in [2.05, 4.69) is 17.3 Å². The van der Waals surface area contributed by atoms with E-state index in [0.717, 1.165) is 25.0 Å².